The molecule has 1 atom stereocenters. The lowest BCUT2D eigenvalue weighted by molar-refractivity contribution is 0.396. The summed E-state index contributed by atoms with van der Waals surface area (Å²) in [5.41, 5.74) is 0.896. The first-order valence-corrected chi connectivity index (χ1v) is 7.27. The first-order valence-electron chi connectivity index (χ1n) is 6.90. The van der Waals surface area contributed by atoms with Crippen LogP contribution in [0.4, 0.5) is 4.39 Å². The molecule has 1 N–H and O–H groups in total. The van der Waals surface area contributed by atoms with Gasteiger partial charge >= 0.3 is 0 Å². The van der Waals surface area contributed by atoms with Crippen molar-refractivity contribution in [2.24, 2.45) is 0 Å². The summed E-state index contributed by atoms with van der Waals surface area (Å²) in [7, 11) is 0. The summed E-state index contributed by atoms with van der Waals surface area (Å²) in [5, 5.41) is 3.52. The van der Waals surface area contributed by atoms with Gasteiger partial charge in [0.15, 0.2) is 0 Å². The van der Waals surface area contributed by atoms with Crippen LogP contribution in [-0.2, 0) is 12.8 Å². The maximum atomic E-state index is 13.5. The maximum absolute atomic E-state index is 13.5. The van der Waals surface area contributed by atoms with Gasteiger partial charge in [-0.05, 0) is 42.8 Å². The van der Waals surface area contributed by atoms with E-state index in [4.69, 9.17) is 16.0 Å². The Hall–Kier alpha value is -1.32. The molecule has 0 aliphatic heterocycles. The number of nitrogens with one attached hydrogen (secondary N) is 1. The number of likely N-dealkylation sites (N-methyl/N-ethyl adjacent to an activating group) is 1. The van der Waals surface area contributed by atoms with E-state index in [1.165, 1.54) is 6.07 Å². The number of hydrogen-bond donors (Lipinski definition) is 1. The number of aryl methyl sites for hydroxylation is 1. The minimum atomic E-state index is -0.381. The van der Waals surface area contributed by atoms with Crippen LogP contribution in [0.5, 0.6) is 0 Å². The van der Waals surface area contributed by atoms with Crippen LogP contribution in [0, 0.1) is 5.82 Å². The Morgan fingerprint density at radius 1 is 1.25 bits per heavy atom. The highest BCUT2D eigenvalue weighted by atomic mass is 35.5. The molecule has 1 heterocycles. The second-order valence-electron chi connectivity index (χ2n) is 4.72. The zero-order valence-electron chi connectivity index (χ0n) is 11.7. The average Bonchev–Trinajstić information content (AvgIpc) is 2.91. The lowest BCUT2D eigenvalue weighted by Crippen LogP contribution is -2.22. The quantitative estimate of drug-likeness (QED) is 0.847. The minimum absolute atomic E-state index is 0.0425. The molecule has 2 aromatic rings. The molecule has 0 aliphatic carbocycles. The van der Waals surface area contributed by atoms with Crippen LogP contribution in [0.1, 0.15) is 37.0 Å². The Balaban J connectivity index is 2.18. The largest absolute Gasteiger partial charge is 0.464 e. The second-order valence-corrected chi connectivity index (χ2v) is 5.13. The van der Waals surface area contributed by atoms with Crippen molar-refractivity contribution in [2.45, 2.75) is 32.7 Å². The molecular weight excluding hydrogens is 277 g/mol. The normalized spacial score (nSPS) is 12.6. The molecular formula is C16H19ClFNO. The van der Waals surface area contributed by atoms with Gasteiger partial charge < -0.3 is 9.73 Å². The summed E-state index contributed by atoms with van der Waals surface area (Å²) < 4.78 is 19.3. The third-order valence-corrected chi connectivity index (χ3v) is 3.56. The van der Waals surface area contributed by atoms with Gasteiger partial charge in [0.2, 0.25) is 0 Å². The van der Waals surface area contributed by atoms with E-state index in [1.807, 2.05) is 25.1 Å². The Morgan fingerprint density at radius 3 is 2.65 bits per heavy atom. The van der Waals surface area contributed by atoms with Crippen molar-refractivity contribution in [3.8, 4) is 0 Å². The molecule has 2 rings (SSSR count). The SMILES string of the molecule is CCNC(Cc1ccc(Cl)c(F)c1)c1ccc(CC)o1. The number of halogens is 2. The molecule has 1 unspecified atom stereocenters. The van der Waals surface area contributed by atoms with Crippen molar-refractivity contribution in [1.82, 2.24) is 5.32 Å². The van der Waals surface area contributed by atoms with Crippen molar-refractivity contribution < 1.29 is 8.81 Å². The van der Waals surface area contributed by atoms with Gasteiger partial charge in [-0.1, -0.05) is 31.5 Å². The Morgan fingerprint density at radius 2 is 2.05 bits per heavy atom. The average molecular weight is 296 g/mol. The summed E-state index contributed by atoms with van der Waals surface area (Å²) >= 11 is 5.71. The van der Waals surface area contributed by atoms with E-state index in [0.717, 1.165) is 30.0 Å². The van der Waals surface area contributed by atoms with Crippen molar-refractivity contribution in [2.75, 3.05) is 6.54 Å². The lowest BCUT2D eigenvalue weighted by atomic mass is 10.0. The van der Waals surface area contributed by atoms with Gasteiger partial charge in [-0.15, -0.1) is 0 Å². The van der Waals surface area contributed by atoms with E-state index >= 15 is 0 Å². The van der Waals surface area contributed by atoms with Crippen molar-refractivity contribution in [3.05, 3.63) is 58.3 Å². The molecule has 0 fully saturated rings. The van der Waals surface area contributed by atoms with Crippen LogP contribution in [0.3, 0.4) is 0 Å². The van der Waals surface area contributed by atoms with Crippen LogP contribution in [-0.4, -0.2) is 6.54 Å². The molecule has 0 aliphatic rings. The van der Waals surface area contributed by atoms with E-state index in [0.29, 0.717) is 6.42 Å². The third kappa shape index (κ3) is 3.62. The van der Waals surface area contributed by atoms with Gasteiger partial charge in [-0.3, -0.25) is 0 Å². The van der Waals surface area contributed by atoms with Crippen LogP contribution in [0.15, 0.2) is 34.7 Å². The fourth-order valence-corrected chi connectivity index (χ4v) is 2.31. The molecule has 0 saturated heterocycles. The summed E-state index contributed by atoms with van der Waals surface area (Å²) in [6, 6.07) is 8.94. The zero-order chi connectivity index (χ0) is 14.5. The van der Waals surface area contributed by atoms with Crippen LogP contribution >= 0.6 is 11.6 Å². The van der Waals surface area contributed by atoms with Crippen molar-refractivity contribution >= 4 is 11.6 Å². The van der Waals surface area contributed by atoms with Gasteiger partial charge in [0.25, 0.3) is 0 Å². The van der Waals surface area contributed by atoms with Gasteiger partial charge in [0.1, 0.15) is 17.3 Å². The fourth-order valence-electron chi connectivity index (χ4n) is 2.19. The van der Waals surface area contributed by atoms with E-state index in [-0.39, 0.29) is 16.9 Å². The zero-order valence-corrected chi connectivity index (χ0v) is 12.5. The van der Waals surface area contributed by atoms with Gasteiger partial charge in [0, 0.05) is 6.42 Å². The lowest BCUT2D eigenvalue weighted by Gasteiger charge is -2.16. The van der Waals surface area contributed by atoms with E-state index in [9.17, 15) is 4.39 Å². The maximum Gasteiger partial charge on any atom is 0.142 e. The van der Waals surface area contributed by atoms with E-state index < -0.39 is 0 Å². The summed E-state index contributed by atoms with van der Waals surface area (Å²) in [5.74, 6) is 1.47. The third-order valence-electron chi connectivity index (χ3n) is 3.25. The molecule has 20 heavy (non-hydrogen) atoms. The smallest absolute Gasteiger partial charge is 0.142 e. The molecule has 0 radical (unpaired) electrons. The predicted octanol–water partition coefficient (Wildman–Crippen LogP) is 4.53. The number of benzene rings is 1. The molecule has 2 nitrogen and oxygen atoms in total. The molecule has 0 amide bonds. The van der Waals surface area contributed by atoms with Crippen molar-refractivity contribution in [3.63, 3.8) is 0 Å². The Kier molecular flexibility index (Phi) is 5.21. The minimum Gasteiger partial charge on any atom is -0.464 e. The summed E-state index contributed by atoms with van der Waals surface area (Å²) in [6.07, 6.45) is 1.53. The Bertz CT molecular complexity index is 567. The number of rotatable bonds is 6. The fraction of sp³-hybridized carbons (Fsp3) is 0.375. The monoisotopic (exact) mass is 295 g/mol. The van der Waals surface area contributed by atoms with Gasteiger partial charge in [0.05, 0.1) is 11.1 Å². The van der Waals surface area contributed by atoms with E-state index in [1.54, 1.807) is 6.07 Å². The van der Waals surface area contributed by atoms with Crippen LogP contribution in [0.25, 0.3) is 0 Å². The van der Waals surface area contributed by atoms with E-state index in [2.05, 4.69) is 12.2 Å². The molecule has 1 aromatic carbocycles. The number of hydrogen-bond acceptors (Lipinski definition) is 2. The summed E-state index contributed by atoms with van der Waals surface area (Å²) in [6.45, 7) is 4.92. The molecule has 0 bridgehead atoms. The molecule has 0 saturated carbocycles. The molecule has 1 aromatic heterocycles. The highest BCUT2D eigenvalue weighted by Crippen LogP contribution is 2.23. The highest BCUT2D eigenvalue weighted by Gasteiger charge is 2.16. The van der Waals surface area contributed by atoms with Crippen molar-refractivity contribution in [1.29, 1.82) is 0 Å². The standard InChI is InChI=1S/C16H19ClFNO/c1-3-12-6-8-16(20-12)15(19-4-2)10-11-5-7-13(17)14(18)9-11/h5-9,15,19H,3-4,10H2,1-2H3. The summed E-state index contributed by atoms with van der Waals surface area (Å²) in [4.78, 5) is 0. The first kappa shape index (κ1) is 15.1. The second kappa shape index (κ2) is 6.91. The number of furan rings is 1. The molecule has 4 heteroatoms. The molecule has 108 valence electrons. The topological polar surface area (TPSA) is 25.2 Å². The van der Waals surface area contributed by atoms with Gasteiger partial charge in [-0.25, -0.2) is 4.39 Å². The van der Waals surface area contributed by atoms with Gasteiger partial charge in [-0.2, -0.15) is 0 Å². The highest BCUT2D eigenvalue weighted by molar-refractivity contribution is 6.30. The van der Waals surface area contributed by atoms with Crippen LogP contribution < -0.4 is 5.32 Å². The first-order chi connectivity index (χ1) is 9.63. The predicted molar refractivity (Wildman–Crippen MR) is 79.6 cm³/mol. The Labute approximate surface area is 123 Å². The van der Waals surface area contributed by atoms with Crippen LogP contribution in [0.2, 0.25) is 5.02 Å². The molecule has 0 spiro atoms.